The van der Waals surface area contributed by atoms with E-state index in [1.54, 1.807) is 0 Å². The van der Waals surface area contributed by atoms with Crippen molar-refractivity contribution < 1.29 is 42.9 Å². The van der Waals surface area contributed by atoms with Crippen molar-refractivity contribution in [3.8, 4) is 0 Å². The van der Waals surface area contributed by atoms with Crippen LogP contribution >= 0.6 is 0 Å². The van der Waals surface area contributed by atoms with Gasteiger partial charge in [0.25, 0.3) is 6.29 Å². The Morgan fingerprint density at radius 1 is 0.345 bits per heavy atom. The molecule has 1 N–H and O–H groups in total. The third-order valence-corrected chi connectivity index (χ3v) is 14.3. The zero-order valence-electron chi connectivity index (χ0n) is 56.1. The minimum Gasteiger partial charge on any atom is -0.477 e. The normalized spacial score (nSPS) is 13.7. The summed E-state index contributed by atoms with van der Waals surface area (Å²) in [4.78, 5) is 37.6. The van der Waals surface area contributed by atoms with E-state index in [-0.39, 0.29) is 38.6 Å². The number of likely N-dealkylation sites (N-methyl/N-ethyl adjacent to an activating group) is 1. The fourth-order valence-electron chi connectivity index (χ4n) is 9.06. The molecule has 0 heterocycles. The highest BCUT2D eigenvalue weighted by atomic mass is 16.7. The summed E-state index contributed by atoms with van der Waals surface area (Å²) in [5.74, 6) is -2.03. The molecule has 492 valence electrons. The highest BCUT2D eigenvalue weighted by Gasteiger charge is 2.25. The molecular formula is C78H128NO8+. The molecule has 0 aromatic rings. The largest absolute Gasteiger partial charge is 0.477 e. The number of unbranched alkanes of at least 4 members (excludes halogenated alkanes) is 21. The van der Waals surface area contributed by atoms with Crippen molar-refractivity contribution in [1.29, 1.82) is 0 Å². The van der Waals surface area contributed by atoms with Crippen LogP contribution in [0.4, 0.5) is 0 Å². The molecule has 9 nitrogen and oxygen atoms in total. The first-order valence-corrected chi connectivity index (χ1v) is 34.6. The molecule has 0 aliphatic carbocycles. The zero-order chi connectivity index (χ0) is 63.3. The summed E-state index contributed by atoms with van der Waals surface area (Å²) in [7, 11) is 5.97. The number of carbonyl (C=O) groups excluding carboxylic acids is 2. The van der Waals surface area contributed by atoms with E-state index >= 15 is 0 Å². The van der Waals surface area contributed by atoms with Crippen molar-refractivity contribution in [2.75, 3.05) is 47.5 Å². The van der Waals surface area contributed by atoms with Crippen molar-refractivity contribution in [3.05, 3.63) is 158 Å². The Labute approximate surface area is 534 Å². The first kappa shape index (κ1) is 81.9. The number of nitrogens with zero attached hydrogens (tertiary/aromatic N) is 1. The molecule has 0 amide bonds. The molecule has 0 aliphatic heterocycles. The van der Waals surface area contributed by atoms with Crippen LogP contribution in [0.3, 0.4) is 0 Å². The Hall–Kier alpha value is -5.09. The topological polar surface area (TPSA) is 108 Å². The molecule has 9 heteroatoms. The Balaban J connectivity index is 4.20. The van der Waals surface area contributed by atoms with E-state index in [0.29, 0.717) is 17.4 Å². The fourth-order valence-corrected chi connectivity index (χ4v) is 9.06. The maximum absolute atomic E-state index is 13.0. The molecule has 0 aromatic heterocycles. The highest BCUT2D eigenvalue weighted by Crippen LogP contribution is 2.16. The predicted molar refractivity (Wildman–Crippen MR) is 373 cm³/mol. The third kappa shape index (κ3) is 68.3. The Morgan fingerprint density at radius 2 is 0.621 bits per heavy atom. The molecule has 0 saturated heterocycles. The predicted octanol–water partition coefficient (Wildman–Crippen LogP) is 21.7. The quantitative estimate of drug-likeness (QED) is 0.0211. The van der Waals surface area contributed by atoms with Gasteiger partial charge < -0.3 is 28.5 Å². The van der Waals surface area contributed by atoms with Gasteiger partial charge >= 0.3 is 17.9 Å². The summed E-state index contributed by atoms with van der Waals surface area (Å²) in [5, 5.41) is 9.75. The van der Waals surface area contributed by atoms with E-state index in [9.17, 15) is 19.5 Å². The molecule has 0 saturated carbocycles. The van der Waals surface area contributed by atoms with Gasteiger partial charge in [-0.15, -0.1) is 0 Å². The lowest BCUT2D eigenvalue weighted by Crippen LogP contribution is -2.40. The van der Waals surface area contributed by atoms with Crippen molar-refractivity contribution in [2.24, 2.45) is 0 Å². The first-order chi connectivity index (χ1) is 42.6. The molecule has 0 aromatic carbocycles. The summed E-state index contributed by atoms with van der Waals surface area (Å²) >= 11 is 0. The number of carbonyl (C=O) groups is 3. The Bertz CT molecular complexity index is 1990. The maximum atomic E-state index is 13.0. The van der Waals surface area contributed by atoms with Crippen LogP contribution in [-0.2, 0) is 33.3 Å². The van der Waals surface area contributed by atoms with Crippen LogP contribution in [0.2, 0.25) is 0 Å². The van der Waals surface area contributed by atoms with E-state index in [1.807, 2.05) is 21.1 Å². The number of rotatable bonds is 62. The number of allylic oxidation sites excluding steroid dienone is 26. The number of hydrogen-bond acceptors (Lipinski definition) is 7. The number of esters is 2. The van der Waals surface area contributed by atoms with Crippen LogP contribution in [-0.4, -0.2) is 87.4 Å². The van der Waals surface area contributed by atoms with E-state index < -0.39 is 24.3 Å². The summed E-state index contributed by atoms with van der Waals surface area (Å²) < 4.78 is 23.0. The number of quaternary nitrogens is 1. The van der Waals surface area contributed by atoms with Crippen molar-refractivity contribution in [2.45, 2.75) is 270 Å². The minimum absolute atomic E-state index is 0.179. The van der Waals surface area contributed by atoms with Crippen molar-refractivity contribution in [1.82, 2.24) is 0 Å². The summed E-state index contributed by atoms with van der Waals surface area (Å²) in [6.07, 6.45) is 96.2. The third-order valence-electron chi connectivity index (χ3n) is 14.3. The van der Waals surface area contributed by atoms with Crippen LogP contribution in [0.1, 0.15) is 258 Å². The standard InChI is InChI=1S/C78H127NO8/c1-6-8-10-12-14-16-18-20-22-24-26-28-30-32-34-36-37-38-39-41-43-45-47-49-51-53-55-57-59-61-63-65-67-69-76(81)87-74(73-86-78(77(82)83)84-71-70-79(3,4)5)72-85-75(80)68-66-64-62-60-58-56-54-52-50-48-46-44-42-40-35-33-31-29-27-25-23-21-19-17-15-13-11-9-7-2/h8-11,14-17,20-23,26-29,32-35,37-38,41-44,74,78H,6-7,12-13,18-19,24-25,30-31,36,39-40,45-73H2,1-5H3/p+1/b10-8-,11-9-,16-14-,17-15-,22-20-,23-21-,28-26-,29-27-,34-32-,35-33-,38-37-,43-41-,44-42-. The van der Waals surface area contributed by atoms with Crippen LogP contribution in [0, 0.1) is 0 Å². The van der Waals surface area contributed by atoms with E-state index in [2.05, 4.69) is 172 Å². The smallest absolute Gasteiger partial charge is 0.361 e. The van der Waals surface area contributed by atoms with Gasteiger partial charge in [0.15, 0.2) is 6.10 Å². The monoisotopic (exact) mass is 1210 g/mol. The number of carboxylic acid groups (broad SMARTS) is 1. The molecule has 2 unspecified atom stereocenters. The molecule has 2 atom stereocenters. The van der Waals surface area contributed by atoms with Crippen molar-refractivity contribution in [3.63, 3.8) is 0 Å². The first-order valence-electron chi connectivity index (χ1n) is 34.6. The zero-order valence-corrected chi connectivity index (χ0v) is 56.1. The average molecular weight is 1210 g/mol. The van der Waals surface area contributed by atoms with Crippen LogP contribution in [0.5, 0.6) is 0 Å². The number of carboxylic acids is 1. The Morgan fingerprint density at radius 3 is 0.920 bits per heavy atom. The molecule has 0 bridgehead atoms. The lowest BCUT2D eigenvalue weighted by atomic mass is 10.0. The van der Waals surface area contributed by atoms with Crippen LogP contribution < -0.4 is 0 Å². The van der Waals surface area contributed by atoms with E-state index in [4.69, 9.17) is 18.9 Å². The second kappa shape index (κ2) is 66.9. The van der Waals surface area contributed by atoms with Gasteiger partial charge in [0, 0.05) is 12.8 Å². The number of aliphatic carboxylic acids is 1. The molecular weight excluding hydrogens is 1080 g/mol. The summed E-state index contributed by atoms with van der Waals surface area (Å²) in [6.45, 7) is 4.63. The lowest BCUT2D eigenvalue weighted by Gasteiger charge is -2.25. The summed E-state index contributed by atoms with van der Waals surface area (Å²) in [6, 6.07) is 0. The van der Waals surface area contributed by atoms with Crippen LogP contribution in [0.15, 0.2) is 158 Å². The number of ether oxygens (including phenoxy) is 4. The van der Waals surface area contributed by atoms with Crippen LogP contribution in [0.25, 0.3) is 0 Å². The van der Waals surface area contributed by atoms with Gasteiger partial charge in [-0.05, 0) is 122 Å². The molecule has 0 rings (SSSR count). The highest BCUT2D eigenvalue weighted by molar-refractivity contribution is 5.71. The maximum Gasteiger partial charge on any atom is 0.361 e. The average Bonchev–Trinajstić information content (AvgIpc) is 3.59. The van der Waals surface area contributed by atoms with E-state index in [0.717, 1.165) is 141 Å². The van der Waals surface area contributed by atoms with Gasteiger partial charge in [0.2, 0.25) is 0 Å². The van der Waals surface area contributed by atoms with Gasteiger partial charge in [0.05, 0.1) is 34.4 Å². The van der Waals surface area contributed by atoms with E-state index in [1.165, 1.54) is 83.5 Å². The fraction of sp³-hybridized carbons (Fsp3) is 0.628. The van der Waals surface area contributed by atoms with Gasteiger partial charge in [-0.1, -0.05) is 281 Å². The molecule has 0 fully saturated rings. The van der Waals surface area contributed by atoms with Gasteiger partial charge in [-0.25, -0.2) is 4.79 Å². The summed E-state index contributed by atoms with van der Waals surface area (Å²) in [5.41, 5.74) is 0. The Kier molecular flexibility index (Phi) is 62.9. The van der Waals surface area contributed by atoms with Gasteiger partial charge in [0.1, 0.15) is 13.2 Å². The molecule has 0 spiro atoms. The van der Waals surface area contributed by atoms with Crippen molar-refractivity contribution >= 4 is 17.9 Å². The SMILES string of the molecule is CC/C=C\C/C=C\C/C=C\C/C=C\C/C=C\C/C=C\C/C=C\CCCCCCCCCCCCCC(=O)OC(COC(=O)CCCCCCCCCCCC/C=C\C/C=C\C/C=C\C/C=C\C/C=C\C/C=C\CC)COC(OCC[N+](C)(C)C)C(=O)O. The number of hydrogen-bond donors (Lipinski definition) is 1. The molecule has 0 radical (unpaired) electrons. The van der Waals surface area contributed by atoms with Gasteiger partial charge in [-0.3, -0.25) is 9.59 Å². The molecule has 0 aliphatic rings. The minimum atomic E-state index is -1.52. The lowest BCUT2D eigenvalue weighted by molar-refractivity contribution is -0.870. The second-order valence-electron chi connectivity index (χ2n) is 23.7. The molecule has 87 heavy (non-hydrogen) atoms. The van der Waals surface area contributed by atoms with Gasteiger partial charge in [-0.2, -0.15) is 0 Å². The second-order valence-corrected chi connectivity index (χ2v) is 23.7.